The SMILES string of the molecule is CS(=O)(=O)N1CC(CCN2CCC(C(=O)O)CC2=O)Oc2ccccc21. The van der Waals surface area contributed by atoms with Crippen molar-refractivity contribution in [2.75, 3.05) is 30.2 Å². The number of amides is 1. The van der Waals surface area contributed by atoms with E-state index in [2.05, 4.69) is 0 Å². The summed E-state index contributed by atoms with van der Waals surface area (Å²) in [5.74, 6) is -1.23. The molecule has 2 atom stereocenters. The van der Waals surface area contributed by atoms with E-state index in [0.29, 0.717) is 37.4 Å². The zero-order chi connectivity index (χ0) is 18.9. The minimum absolute atomic E-state index is 0.0131. The zero-order valence-electron chi connectivity index (χ0n) is 14.5. The molecule has 2 heterocycles. The van der Waals surface area contributed by atoms with Crippen molar-refractivity contribution >= 4 is 27.6 Å². The molecule has 0 saturated carbocycles. The van der Waals surface area contributed by atoms with Gasteiger partial charge in [-0.3, -0.25) is 13.9 Å². The largest absolute Gasteiger partial charge is 0.486 e. The Morgan fingerprint density at radius 1 is 1.35 bits per heavy atom. The highest BCUT2D eigenvalue weighted by molar-refractivity contribution is 7.92. The van der Waals surface area contributed by atoms with E-state index in [1.54, 1.807) is 29.2 Å². The monoisotopic (exact) mass is 382 g/mol. The molecule has 2 aliphatic rings. The lowest BCUT2D eigenvalue weighted by Gasteiger charge is -2.36. The van der Waals surface area contributed by atoms with E-state index >= 15 is 0 Å². The number of carbonyl (C=O) groups is 2. The average molecular weight is 382 g/mol. The number of carboxylic acid groups (broad SMARTS) is 1. The fraction of sp³-hybridized carbons (Fsp3) is 0.529. The molecule has 1 aromatic carbocycles. The zero-order valence-corrected chi connectivity index (χ0v) is 15.3. The molecule has 0 spiro atoms. The number of rotatable bonds is 5. The molecule has 1 amide bonds. The Morgan fingerprint density at radius 3 is 2.73 bits per heavy atom. The minimum atomic E-state index is -3.44. The lowest BCUT2D eigenvalue weighted by molar-refractivity contribution is -0.149. The van der Waals surface area contributed by atoms with Crippen molar-refractivity contribution in [2.24, 2.45) is 5.92 Å². The summed E-state index contributed by atoms with van der Waals surface area (Å²) in [5.41, 5.74) is 0.518. The first kappa shape index (κ1) is 18.5. The van der Waals surface area contributed by atoms with Crippen molar-refractivity contribution in [2.45, 2.75) is 25.4 Å². The van der Waals surface area contributed by atoms with Crippen molar-refractivity contribution in [3.8, 4) is 5.75 Å². The van der Waals surface area contributed by atoms with Gasteiger partial charge in [0.1, 0.15) is 11.9 Å². The van der Waals surface area contributed by atoms with Gasteiger partial charge in [-0.05, 0) is 18.6 Å². The van der Waals surface area contributed by atoms with Crippen LogP contribution in [-0.4, -0.2) is 62.3 Å². The van der Waals surface area contributed by atoms with Crippen molar-refractivity contribution in [3.63, 3.8) is 0 Å². The number of para-hydroxylation sites is 2. The molecule has 9 heteroatoms. The van der Waals surface area contributed by atoms with Gasteiger partial charge in [0.15, 0.2) is 0 Å². The maximum absolute atomic E-state index is 12.1. The molecule has 1 fully saturated rings. The number of piperidine rings is 1. The predicted octanol–water partition coefficient (Wildman–Crippen LogP) is 0.927. The molecule has 1 saturated heterocycles. The van der Waals surface area contributed by atoms with Crippen LogP contribution in [0.2, 0.25) is 0 Å². The Hall–Kier alpha value is -2.29. The number of fused-ring (bicyclic) bond motifs is 1. The summed E-state index contributed by atoms with van der Waals surface area (Å²) in [6, 6.07) is 6.96. The minimum Gasteiger partial charge on any atom is -0.486 e. The van der Waals surface area contributed by atoms with Crippen molar-refractivity contribution < 1.29 is 27.9 Å². The highest BCUT2D eigenvalue weighted by atomic mass is 32.2. The highest BCUT2D eigenvalue weighted by Crippen LogP contribution is 2.35. The summed E-state index contributed by atoms with van der Waals surface area (Å²) in [6.07, 6.45) is 1.71. The molecule has 0 radical (unpaired) electrons. The van der Waals surface area contributed by atoms with Crippen molar-refractivity contribution in [1.29, 1.82) is 0 Å². The van der Waals surface area contributed by atoms with Gasteiger partial charge in [-0.1, -0.05) is 12.1 Å². The Morgan fingerprint density at radius 2 is 2.08 bits per heavy atom. The standard InChI is InChI=1S/C17H22N2O6S/c1-26(23,24)19-11-13(25-15-5-3-2-4-14(15)19)7-9-18-8-6-12(17(21)22)10-16(18)20/h2-5,12-13H,6-11H2,1H3,(H,21,22). The number of hydrogen-bond acceptors (Lipinski definition) is 5. The number of carbonyl (C=O) groups excluding carboxylic acids is 1. The first-order chi connectivity index (χ1) is 12.3. The van der Waals surface area contributed by atoms with E-state index in [9.17, 15) is 18.0 Å². The van der Waals surface area contributed by atoms with Gasteiger partial charge in [0.2, 0.25) is 15.9 Å². The molecule has 1 aromatic rings. The number of ether oxygens (including phenoxy) is 1. The van der Waals surface area contributed by atoms with Gasteiger partial charge in [0.05, 0.1) is 24.4 Å². The van der Waals surface area contributed by atoms with Crippen LogP contribution in [0.25, 0.3) is 0 Å². The second-order valence-electron chi connectivity index (χ2n) is 6.70. The van der Waals surface area contributed by atoms with Crippen LogP contribution in [0.1, 0.15) is 19.3 Å². The third-order valence-corrected chi connectivity index (χ3v) is 5.94. The fourth-order valence-electron chi connectivity index (χ4n) is 3.35. The van der Waals surface area contributed by atoms with Gasteiger partial charge < -0.3 is 14.7 Å². The van der Waals surface area contributed by atoms with Crippen LogP contribution in [0.4, 0.5) is 5.69 Å². The number of hydrogen-bond donors (Lipinski definition) is 1. The molecular weight excluding hydrogens is 360 g/mol. The molecule has 0 bridgehead atoms. The maximum atomic E-state index is 12.1. The normalized spacial score (nSPS) is 23.3. The van der Waals surface area contributed by atoms with Crippen LogP contribution in [0.3, 0.4) is 0 Å². The molecule has 26 heavy (non-hydrogen) atoms. The fourth-order valence-corrected chi connectivity index (χ4v) is 4.30. The van der Waals surface area contributed by atoms with Crippen molar-refractivity contribution in [1.82, 2.24) is 4.90 Å². The first-order valence-electron chi connectivity index (χ1n) is 8.49. The molecule has 1 N–H and O–H groups in total. The molecule has 0 aliphatic carbocycles. The summed E-state index contributed by atoms with van der Waals surface area (Å²) < 4.78 is 31.4. The van der Waals surface area contributed by atoms with E-state index in [0.717, 1.165) is 6.26 Å². The van der Waals surface area contributed by atoms with Crippen molar-refractivity contribution in [3.05, 3.63) is 24.3 Å². The average Bonchev–Trinajstić information content (AvgIpc) is 2.59. The van der Waals surface area contributed by atoms with Crippen LogP contribution in [-0.2, 0) is 19.6 Å². The summed E-state index contributed by atoms with van der Waals surface area (Å²) in [5, 5.41) is 9.02. The Bertz CT molecular complexity index is 809. The third-order valence-electron chi connectivity index (χ3n) is 4.79. The molecular formula is C17H22N2O6S. The maximum Gasteiger partial charge on any atom is 0.307 e. The van der Waals surface area contributed by atoms with Gasteiger partial charge in [0.25, 0.3) is 0 Å². The number of benzene rings is 1. The number of anilines is 1. The number of carboxylic acids is 1. The quantitative estimate of drug-likeness (QED) is 0.812. The Balaban J connectivity index is 1.65. The molecule has 3 rings (SSSR count). The van der Waals surface area contributed by atoms with Gasteiger partial charge in [-0.25, -0.2) is 8.42 Å². The first-order valence-corrected chi connectivity index (χ1v) is 10.3. The Labute approximate surface area is 152 Å². The highest BCUT2D eigenvalue weighted by Gasteiger charge is 2.33. The number of aliphatic carboxylic acids is 1. The second kappa shape index (κ2) is 7.14. The van der Waals surface area contributed by atoms with Gasteiger partial charge in [-0.2, -0.15) is 0 Å². The van der Waals surface area contributed by atoms with E-state index < -0.39 is 21.9 Å². The topological polar surface area (TPSA) is 104 Å². The van der Waals surface area contributed by atoms with Crippen LogP contribution >= 0.6 is 0 Å². The molecule has 2 aliphatic heterocycles. The molecule has 2 unspecified atom stereocenters. The van der Waals surface area contributed by atoms with E-state index in [1.807, 2.05) is 0 Å². The van der Waals surface area contributed by atoms with E-state index in [4.69, 9.17) is 9.84 Å². The van der Waals surface area contributed by atoms with Crippen LogP contribution in [0.15, 0.2) is 24.3 Å². The van der Waals surface area contributed by atoms with Crippen LogP contribution < -0.4 is 9.04 Å². The van der Waals surface area contributed by atoms with Gasteiger partial charge in [0, 0.05) is 25.9 Å². The summed E-state index contributed by atoms with van der Waals surface area (Å²) in [7, 11) is -3.44. The Kier molecular flexibility index (Phi) is 5.08. The molecule has 8 nitrogen and oxygen atoms in total. The number of nitrogens with zero attached hydrogens (tertiary/aromatic N) is 2. The number of likely N-dealkylation sites (tertiary alicyclic amines) is 1. The van der Waals surface area contributed by atoms with Gasteiger partial charge in [-0.15, -0.1) is 0 Å². The van der Waals surface area contributed by atoms with E-state index in [-0.39, 0.29) is 25.0 Å². The van der Waals surface area contributed by atoms with Gasteiger partial charge >= 0.3 is 5.97 Å². The summed E-state index contributed by atoms with van der Waals surface area (Å²) >= 11 is 0. The van der Waals surface area contributed by atoms with Crippen LogP contribution in [0.5, 0.6) is 5.75 Å². The number of sulfonamides is 1. The van der Waals surface area contributed by atoms with Crippen LogP contribution in [0, 0.1) is 5.92 Å². The molecule has 142 valence electrons. The summed E-state index contributed by atoms with van der Waals surface area (Å²) in [4.78, 5) is 24.8. The molecule has 0 aromatic heterocycles. The summed E-state index contributed by atoms with van der Waals surface area (Å²) in [6.45, 7) is 1.00. The lowest BCUT2D eigenvalue weighted by atomic mass is 9.96. The third kappa shape index (κ3) is 3.92. The predicted molar refractivity (Wildman–Crippen MR) is 94.6 cm³/mol. The lowest BCUT2D eigenvalue weighted by Crippen LogP contribution is -2.46. The smallest absolute Gasteiger partial charge is 0.307 e. The van der Waals surface area contributed by atoms with E-state index in [1.165, 1.54) is 4.31 Å². The second-order valence-corrected chi connectivity index (χ2v) is 8.61.